The molecule has 0 spiro atoms. The molecule has 0 aromatic carbocycles. The van der Waals surface area contributed by atoms with Crippen molar-refractivity contribution in [2.75, 3.05) is 0 Å². The highest BCUT2D eigenvalue weighted by atomic mass is 16.2. The van der Waals surface area contributed by atoms with Gasteiger partial charge in [0.05, 0.1) is 30.9 Å². The number of carbonyl (C=O) groups excluding carboxylic acids is 7. The summed E-state index contributed by atoms with van der Waals surface area (Å²) in [6.07, 6.45) is 20.7. The van der Waals surface area contributed by atoms with E-state index in [1.165, 1.54) is 6.08 Å². The van der Waals surface area contributed by atoms with Crippen LogP contribution in [0.3, 0.4) is 0 Å². The monoisotopic (exact) mass is 967 g/mol. The van der Waals surface area contributed by atoms with Crippen LogP contribution in [0.1, 0.15) is 129 Å². The molecule has 1 amide bonds. The molecule has 9 atom stereocenters. The molecule has 0 heterocycles. The summed E-state index contributed by atoms with van der Waals surface area (Å²) in [5.74, 6) is -1.50. The lowest BCUT2D eigenvalue weighted by atomic mass is 9.46. The number of nitrogens with two attached hydrogens (primary N) is 1. The fourth-order valence-electron chi connectivity index (χ4n) is 15.4. The lowest BCUT2D eigenvalue weighted by Crippen LogP contribution is -2.53. The molecule has 3 fully saturated rings. The molecule has 3 saturated carbocycles. The van der Waals surface area contributed by atoms with Gasteiger partial charge in [0.1, 0.15) is 6.07 Å². The molecule has 0 saturated heterocycles. The Morgan fingerprint density at radius 3 is 1.18 bits per heavy atom. The molecule has 2 N–H and O–H groups in total. The number of hydrogen-bond donors (Lipinski definition) is 1. The predicted molar refractivity (Wildman–Crippen MR) is 271 cm³/mol. The van der Waals surface area contributed by atoms with Crippen molar-refractivity contribution in [1.82, 2.24) is 0 Å². The van der Waals surface area contributed by atoms with Gasteiger partial charge in [-0.1, -0.05) is 120 Å². The molecule has 0 aromatic heterocycles. The molecule has 12 heteroatoms. The number of rotatable bonds is 1. The van der Waals surface area contributed by atoms with Gasteiger partial charge < -0.3 is 20.1 Å². The first kappa shape index (κ1) is 52.9. The minimum absolute atomic E-state index is 0.00588. The van der Waals surface area contributed by atoms with E-state index in [4.69, 9.17) is 25.5 Å². The molecule has 0 aromatic rings. The predicted octanol–water partition coefficient (Wildman–Crippen LogP) is 10.8. The Morgan fingerprint density at radius 1 is 0.528 bits per heavy atom. The topological polar surface area (TPSA) is 182 Å². The van der Waals surface area contributed by atoms with Crippen LogP contribution >= 0.6 is 0 Å². The summed E-state index contributed by atoms with van der Waals surface area (Å²) in [7, 11) is 0. The van der Waals surface area contributed by atoms with Gasteiger partial charge in [-0.25, -0.2) is 14.5 Å². The van der Waals surface area contributed by atoms with Gasteiger partial charge in [0.2, 0.25) is 17.1 Å². The maximum absolute atomic E-state index is 12.7. The average Bonchev–Trinajstić information content (AvgIpc) is 3.29. The number of carbonyl (C=O) groups is 7. The van der Waals surface area contributed by atoms with Gasteiger partial charge in [-0.3, -0.25) is 19.2 Å². The number of fused-ring (bicyclic) bond motifs is 9. The number of nitrogens with zero attached hydrogens (tertiary/aromatic N) is 4. The molecule has 0 aliphatic heterocycles. The number of allylic oxidation sites excluding steroid dienone is 17. The minimum atomic E-state index is -0.717. The van der Waals surface area contributed by atoms with E-state index in [9.17, 15) is 38.8 Å². The van der Waals surface area contributed by atoms with Crippen LogP contribution in [0.2, 0.25) is 0 Å². The molecule has 9 aliphatic carbocycles. The number of amides is 1. The van der Waals surface area contributed by atoms with Crippen LogP contribution in [-0.2, 0) is 33.6 Å². The lowest BCUT2D eigenvalue weighted by molar-refractivity contribution is -0.131. The third kappa shape index (κ3) is 7.59. The van der Waals surface area contributed by atoms with E-state index in [0.29, 0.717) is 0 Å². The third-order valence-electron chi connectivity index (χ3n) is 18.9. The van der Waals surface area contributed by atoms with E-state index >= 15 is 0 Å². The summed E-state index contributed by atoms with van der Waals surface area (Å²) in [6, 6.07) is 1.99. The van der Waals surface area contributed by atoms with Gasteiger partial charge in [-0.05, 0) is 104 Å². The lowest BCUT2D eigenvalue weighted by Gasteiger charge is -2.57. The highest BCUT2D eigenvalue weighted by molar-refractivity contribution is 6.24. The number of hydrogen-bond acceptors (Lipinski definition) is 8. The molecule has 0 unspecified atom stereocenters. The van der Waals surface area contributed by atoms with Crippen LogP contribution in [0.4, 0.5) is 0 Å². The van der Waals surface area contributed by atoms with E-state index in [2.05, 4.69) is 34.5 Å². The maximum Gasteiger partial charge on any atom is 0.252 e. The Hall–Kier alpha value is -6.89. The molecule has 72 heavy (non-hydrogen) atoms. The molecular formula is C60H65N5O7. The second kappa shape index (κ2) is 16.8. The fourth-order valence-corrected chi connectivity index (χ4v) is 15.4. The summed E-state index contributed by atoms with van der Waals surface area (Å²) in [6.45, 7) is 47.8. The maximum atomic E-state index is 12.7. The number of Topliss-reactive ketones (excluding diaryl/α,β-unsaturated/α-hetero) is 3. The van der Waals surface area contributed by atoms with Crippen LogP contribution in [0.25, 0.3) is 14.5 Å². The summed E-state index contributed by atoms with van der Waals surface area (Å²) >= 11 is 0. The number of ketones is 6. The van der Waals surface area contributed by atoms with E-state index in [1.54, 1.807) is 36.5 Å². The van der Waals surface area contributed by atoms with E-state index in [-0.39, 0.29) is 85.7 Å². The Balaban J connectivity index is 0.000000159. The Labute approximate surface area is 424 Å². The van der Waals surface area contributed by atoms with Crippen LogP contribution < -0.4 is 5.73 Å². The molecule has 0 radical (unpaired) electrons. The molecule has 0 bridgehead atoms. The zero-order valence-corrected chi connectivity index (χ0v) is 43.9. The summed E-state index contributed by atoms with van der Waals surface area (Å²) in [5, 5.41) is 9.20. The van der Waals surface area contributed by atoms with E-state index in [1.807, 2.05) is 88.3 Å². The van der Waals surface area contributed by atoms with Crippen molar-refractivity contribution in [2.24, 2.45) is 72.2 Å². The van der Waals surface area contributed by atoms with Crippen molar-refractivity contribution < 1.29 is 33.6 Å². The average molecular weight is 968 g/mol. The molecule has 372 valence electrons. The molecular weight excluding hydrogens is 903 g/mol. The standard InChI is InChI=1S/C20H22N2O3.C20H20N2O2.C20H23NO2/c1-18(2)14-6-7-19(3)9-11(17(21)25)13(23)8-15(19)20(14,4)10-12(22-5)16(18)24;1-18(2)15-6-7-19(3)9-12(11-21)14(23)8-16(19)20(15,4)10-13(22-5)17(18)24;1-12-10-19(4)8-7-15-18(2,3)17(23)13(21-6)11-20(15,5)16(19)9-14(12)22/h8-10,14H,6-7H2,1-4H3,(H2,21,25);8-10,15H,6-7H2,1-4H3;9-11,15H,7-8H2,1-5H3/t14-,19-,20-;2*15-,19-,20-/m000/s1. The third-order valence-corrected chi connectivity index (χ3v) is 18.9. The molecule has 12 nitrogen and oxygen atoms in total. The van der Waals surface area contributed by atoms with Crippen molar-refractivity contribution in [3.8, 4) is 6.07 Å². The normalized spacial score (nSPS) is 37.3. The Kier molecular flexibility index (Phi) is 12.4. The van der Waals surface area contributed by atoms with Crippen LogP contribution in [0.5, 0.6) is 0 Å². The number of nitriles is 1. The smallest absolute Gasteiger partial charge is 0.252 e. The number of primary amides is 1. The highest BCUT2D eigenvalue weighted by Crippen LogP contribution is 2.66. The van der Waals surface area contributed by atoms with Gasteiger partial charge in [0.15, 0.2) is 34.7 Å². The van der Waals surface area contributed by atoms with Gasteiger partial charge in [0, 0.05) is 48.7 Å². The van der Waals surface area contributed by atoms with Crippen molar-refractivity contribution in [3.05, 3.63) is 139 Å². The van der Waals surface area contributed by atoms with Gasteiger partial charge in [0.25, 0.3) is 5.91 Å². The SMILES string of the molecule is [C-]#[N+]C1=C[C@]2(C)C3=CC(=O)C(C#N)=C[C@]3(C)CC[C@H]2C(C)(C)C1=O.[C-]#[N+]C1=C[C@]2(C)C3=CC(=O)C(C(N)=O)=C[C@]3(C)CC[C@H]2C(C)(C)C1=O.[C-]#[N+]C1=C[C@]2(C)C3=CC(=O)C(C)=C[C@]3(C)CC[C@H]2C(C)(C)C1=O. The Bertz CT molecular complexity index is 3110. The highest BCUT2D eigenvalue weighted by Gasteiger charge is 2.61. The van der Waals surface area contributed by atoms with Crippen LogP contribution in [0, 0.1) is 97.5 Å². The van der Waals surface area contributed by atoms with Crippen molar-refractivity contribution in [1.29, 1.82) is 5.26 Å². The van der Waals surface area contributed by atoms with Gasteiger partial charge in [-0.2, -0.15) is 5.26 Å². The van der Waals surface area contributed by atoms with Crippen LogP contribution in [-0.4, -0.2) is 40.6 Å². The van der Waals surface area contributed by atoms with Crippen molar-refractivity contribution in [2.45, 2.75) is 129 Å². The minimum Gasteiger partial charge on any atom is -0.365 e. The first-order chi connectivity index (χ1) is 33.1. The second-order valence-electron chi connectivity index (χ2n) is 24.6. The van der Waals surface area contributed by atoms with Crippen LogP contribution in [0.15, 0.2) is 105 Å². The Morgan fingerprint density at radius 2 is 0.847 bits per heavy atom. The summed E-state index contributed by atoms with van der Waals surface area (Å²) < 4.78 is 0. The zero-order chi connectivity index (χ0) is 53.9. The van der Waals surface area contributed by atoms with E-state index in [0.717, 1.165) is 60.8 Å². The largest absolute Gasteiger partial charge is 0.365 e. The van der Waals surface area contributed by atoms with Crippen molar-refractivity contribution in [3.63, 3.8) is 0 Å². The first-order valence-electron chi connectivity index (χ1n) is 24.7. The first-order valence-corrected chi connectivity index (χ1v) is 24.7. The van der Waals surface area contributed by atoms with Gasteiger partial charge >= 0.3 is 0 Å². The zero-order valence-electron chi connectivity index (χ0n) is 43.9. The molecule has 9 aliphatic rings. The van der Waals surface area contributed by atoms with Crippen molar-refractivity contribution >= 4 is 40.6 Å². The quantitative estimate of drug-likeness (QED) is 0.199. The fraction of sp³-hybridized carbons (Fsp3) is 0.517. The van der Waals surface area contributed by atoms with Gasteiger partial charge in [-0.15, -0.1) is 0 Å². The van der Waals surface area contributed by atoms with E-state index < -0.39 is 49.6 Å². The summed E-state index contributed by atoms with van der Waals surface area (Å²) in [5.41, 5.74) is 5.26. The second-order valence-corrected chi connectivity index (χ2v) is 24.6. The molecule has 9 rings (SSSR count). The summed E-state index contributed by atoms with van der Waals surface area (Å²) in [4.78, 5) is 97.0.